The van der Waals surface area contributed by atoms with Gasteiger partial charge in [-0.3, -0.25) is 4.79 Å². The molecule has 1 saturated heterocycles. The molecule has 7 heteroatoms. The number of aromatic amines is 1. The number of imidazole rings is 1. The van der Waals surface area contributed by atoms with E-state index in [0.717, 1.165) is 35.2 Å². The van der Waals surface area contributed by atoms with Crippen molar-refractivity contribution in [1.29, 1.82) is 0 Å². The van der Waals surface area contributed by atoms with Crippen LogP contribution in [0.4, 0.5) is 0 Å². The molecule has 0 spiro atoms. The predicted octanol–water partition coefficient (Wildman–Crippen LogP) is 4.68. The summed E-state index contributed by atoms with van der Waals surface area (Å²) in [5.41, 5.74) is 3.03. The van der Waals surface area contributed by atoms with E-state index in [1.807, 2.05) is 37.3 Å². The number of ether oxygens (including phenoxy) is 2. The molecule has 0 bridgehead atoms. The number of benzene rings is 2. The smallest absolute Gasteiger partial charge is 0.251 e. The molecular weight excluding hydrogens is 416 g/mol. The Morgan fingerprint density at radius 1 is 1.12 bits per heavy atom. The van der Waals surface area contributed by atoms with Crippen LogP contribution in [0.2, 0.25) is 0 Å². The summed E-state index contributed by atoms with van der Waals surface area (Å²) in [6, 6.07) is 11.3. The first-order chi connectivity index (χ1) is 15.6. The molecule has 1 amide bonds. The van der Waals surface area contributed by atoms with Gasteiger partial charge in [-0.2, -0.15) is 0 Å². The first-order valence-electron chi connectivity index (χ1n) is 11.5. The van der Waals surface area contributed by atoms with Gasteiger partial charge in [-0.1, -0.05) is 0 Å². The minimum atomic E-state index is -0.0876. The van der Waals surface area contributed by atoms with Crippen molar-refractivity contribution in [3.8, 4) is 22.9 Å². The van der Waals surface area contributed by atoms with Crippen LogP contribution >= 0.6 is 0 Å². The van der Waals surface area contributed by atoms with Crippen LogP contribution in [0.3, 0.4) is 0 Å². The minimum absolute atomic E-state index is 0.0377. The number of rotatable bonds is 6. The van der Waals surface area contributed by atoms with Crippen molar-refractivity contribution in [2.24, 2.45) is 0 Å². The summed E-state index contributed by atoms with van der Waals surface area (Å²) in [4.78, 5) is 21.2. The average molecular weight is 451 g/mol. The van der Waals surface area contributed by atoms with Crippen molar-refractivity contribution in [1.82, 2.24) is 20.6 Å². The first kappa shape index (κ1) is 23.1. The minimum Gasteiger partial charge on any atom is -0.497 e. The van der Waals surface area contributed by atoms with Gasteiger partial charge < -0.3 is 25.1 Å². The lowest BCUT2D eigenvalue weighted by Crippen LogP contribution is -2.62. The number of carbonyl (C=O) groups is 1. The van der Waals surface area contributed by atoms with Gasteiger partial charge in [0, 0.05) is 28.7 Å². The lowest BCUT2D eigenvalue weighted by atomic mass is 9.79. The number of hydrogen-bond acceptors (Lipinski definition) is 5. The fourth-order valence-electron chi connectivity index (χ4n) is 5.07. The number of aromatic nitrogens is 2. The van der Waals surface area contributed by atoms with Crippen LogP contribution in [0.15, 0.2) is 36.4 Å². The number of carbonyl (C=O) groups excluding carboxylic acids is 1. The number of nitrogens with one attached hydrogen (secondary N) is 3. The standard InChI is InChI=1S/C26H34N4O3/c1-7-33-22-12-16(24(31)27-17-14-25(2,3)30-26(4,5)15-17)8-10-19(22)23-28-20-11-9-18(32-6)13-21(20)29-23/h8-13,17,30H,7,14-15H2,1-6H3,(H,27,31)(H,28,29). The first-order valence-corrected chi connectivity index (χ1v) is 11.5. The van der Waals surface area contributed by atoms with Gasteiger partial charge in [0.25, 0.3) is 5.91 Å². The van der Waals surface area contributed by atoms with Crippen molar-refractivity contribution in [3.63, 3.8) is 0 Å². The monoisotopic (exact) mass is 450 g/mol. The maximum absolute atomic E-state index is 13.1. The normalized spacial score (nSPS) is 17.6. The highest BCUT2D eigenvalue weighted by Crippen LogP contribution is 2.32. The molecule has 1 aliphatic rings. The molecular formula is C26H34N4O3. The lowest BCUT2D eigenvalue weighted by Gasteiger charge is -2.46. The second kappa shape index (κ2) is 8.71. The predicted molar refractivity (Wildman–Crippen MR) is 131 cm³/mol. The van der Waals surface area contributed by atoms with E-state index >= 15 is 0 Å². The van der Waals surface area contributed by atoms with Crippen LogP contribution < -0.4 is 20.1 Å². The van der Waals surface area contributed by atoms with Crippen molar-refractivity contribution in [2.45, 2.75) is 64.6 Å². The van der Waals surface area contributed by atoms with E-state index in [1.165, 1.54) is 0 Å². The number of nitrogens with zero attached hydrogens (tertiary/aromatic N) is 1. The van der Waals surface area contributed by atoms with Crippen LogP contribution in [0.25, 0.3) is 22.4 Å². The van der Waals surface area contributed by atoms with Gasteiger partial charge in [0.1, 0.15) is 17.3 Å². The van der Waals surface area contributed by atoms with Crippen LogP contribution in [0.1, 0.15) is 57.8 Å². The van der Waals surface area contributed by atoms with Crippen LogP contribution in [0.5, 0.6) is 11.5 Å². The Labute approximate surface area is 195 Å². The number of piperidine rings is 1. The highest BCUT2D eigenvalue weighted by atomic mass is 16.5. The zero-order valence-electron chi connectivity index (χ0n) is 20.3. The summed E-state index contributed by atoms with van der Waals surface area (Å²) < 4.78 is 11.2. The third-order valence-electron chi connectivity index (χ3n) is 6.01. The number of fused-ring (bicyclic) bond motifs is 1. The topological polar surface area (TPSA) is 88.3 Å². The van der Waals surface area contributed by atoms with E-state index in [2.05, 4.69) is 43.3 Å². The van der Waals surface area contributed by atoms with Gasteiger partial charge in [0.15, 0.2) is 0 Å². The fraction of sp³-hybridized carbons (Fsp3) is 0.462. The molecule has 0 saturated carbocycles. The van der Waals surface area contributed by atoms with Crippen molar-refractivity contribution < 1.29 is 14.3 Å². The van der Waals surface area contributed by atoms with Gasteiger partial charge in [0.05, 0.1) is 30.3 Å². The zero-order chi connectivity index (χ0) is 23.8. The number of H-pyrrole nitrogens is 1. The second-order valence-electron chi connectivity index (χ2n) is 10.1. The van der Waals surface area contributed by atoms with Crippen LogP contribution in [-0.4, -0.2) is 46.7 Å². The molecule has 3 N–H and O–H groups in total. The molecule has 2 aromatic carbocycles. The molecule has 1 fully saturated rings. The van der Waals surface area contributed by atoms with E-state index < -0.39 is 0 Å². The Morgan fingerprint density at radius 2 is 1.85 bits per heavy atom. The zero-order valence-corrected chi connectivity index (χ0v) is 20.3. The summed E-state index contributed by atoms with van der Waals surface area (Å²) in [6.07, 6.45) is 1.75. The Hall–Kier alpha value is -3.06. The van der Waals surface area contributed by atoms with Crippen LogP contribution in [0, 0.1) is 0 Å². The van der Waals surface area contributed by atoms with Crippen molar-refractivity contribution in [2.75, 3.05) is 13.7 Å². The molecule has 0 aliphatic carbocycles. The molecule has 1 aliphatic heterocycles. The van der Waals surface area contributed by atoms with Gasteiger partial charge >= 0.3 is 0 Å². The van der Waals surface area contributed by atoms with E-state index in [0.29, 0.717) is 23.7 Å². The third-order valence-corrected chi connectivity index (χ3v) is 6.01. The molecule has 33 heavy (non-hydrogen) atoms. The van der Waals surface area contributed by atoms with E-state index in [9.17, 15) is 4.79 Å². The van der Waals surface area contributed by atoms with Crippen molar-refractivity contribution >= 4 is 16.9 Å². The largest absolute Gasteiger partial charge is 0.497 e. The third kappa shape index (κ3) is 5.14. The number of methoxy groups -OCH3 is 1. The summed E-state index contributed by atoms with van der Waals surface area (Å²) in [5, 5.41) is 6.89. The molecule has 1 aromatic heterocycles. The highest BCUT2D eigenvalue weighted by Gasteiger charge is 2.38. The molecule has 0 radical (unpaired) electrons. The van der Waals surface area contributed by atoms with Gasteiger partial charge in [-0.15, -0.1) is 0 Å². The van der Waals surface area contributed by atoms with Gasteiger partial charge in [0.2, 0.25) is 0 Å². The molecule has 3 aromatic rings. The summed E-state index contributed by atoms with van der Waals surface area (Å²) in [7, 11) is 1.64. The second-order valence-corrected chi connectivity index (χ2v) is 10.1. The number of amides is 1. The van der Waals surface area contributed by atoms with Gasteiger partial charge in [-0.05, 0) is 77.8 Å². The van der Waals surface area contributed by atoms with Crippen LogP contribution in [-0.2, 0) is 0 Å². The SMILES string of the molecule is CCOc1cc(C(=O)NC2CC(C)(C)NC(C)(C)C2)ccc1-c1nc2ccc(OC)cc2[nH]1. The molecule has 0 unspecified atom stereocenters. The number of hydrogen-bond donors (Lipinski definition) is 3. The quantitative estimate of drug-likeness (QED) is 0.508. The Morgan fingerprint density at radius 3 is 2.52 bits per heavy atom. The Bertz CT molecular complexity index is 1150. The molecule has 7 nitrogen and oxygen atoms in total. The summed E-state index contributed by atoms with van der Waals surface area (Å²) >= 11 is 0. The summed E-state index contributed by atoms with van der Waals surface area (Å²) in [6.45, 7) is 11.1. The Balaban J connectivity index is 1.60. The van der Waals surface area contributed by atoms with E-state index in [-0.39, 0.29) is 23.0 Å². The highest BCUT2D eigenvalue weighted by molar-refractivity contribution is 5.96. The van der Waals surface area contributed by atoms with Gasteiger partial charge in [-0.25, -0.2) is 4.98 Å². The molecule has 4 rings (SSSR count). The van der Waals surface area contributed by atoms with Crippen molar-refractivity contribution in [3.05, 3.63) is 42.0 Å². The molecule has 2 heterocycles. The summed E-state index contributed by atoms with van der Waals surface area (Å²) in [5.74, 6) is 1.99. The fourth-order valence-corrected chi connectivity index (χ4v) is 5.07. The van der Waals surface area contributed by atoms with E-state index in [4.69, 9.17) is 14.5 Å². The molecule has 0 atom stereocenters. The average Bonchev–Trinajstić information content (AvgIpc) is 3.14. The molecule has 176 valence electrons. The van der Waals surface area contributed by atoms with E-state index in [1.54, 1.807) is 13.2 Å². The maximum Gasteiger partial charge on any atom is 0.251 e. The maximum atomic E-state index is 13.1. The Kier molecular flexibility index (Phi) is 6.10. The lowest BCUT2D eigenvalue weighted by molar-refractivity contribution is 0.0872.